The minimum absolute atomic E-state index is 0.176. The largest absolute Gasteiger partial charge is 0.299 e. The Balaban J connectivity index is 1.34. The molecule has 0 aliphatic carbocycles. The number of hydrogen-bond donors (Lipinski definition) is 0. The summed E-state index contributed by atoms with van der Waals surface area (Å²) in [5.41, 5.74) is 2.09. The molecule has 5 rings (SSSR count). The lowest BCUT2D eigenvalue weighted by Gasteiger charge is -2.46. The highest BCUT2D eigenvalue weighted by Crippen LogP contribution is 2.41. The van der Waals surface area contributed by atoms with Gasteiger partial charge in [-0.15, -0.1) is 0 Å². The lowest BCUT2D eigenvalue weighted by Crippen LogP contribution is -2.53. The highest BCUT2D eigenvalue weighted by Gasteiger charge is 2.45. The first-order valence-corrected chi connectivity index (χ1v) is 10.1. The van der Waals surface area contributed by atoms with Crippen LogP contribution in [-0.2, 0) is 30.5 Å². The van der Waals surface area contributed by atoms with Crippen molar-refractivity contribution in [3.63, 3.8) is 0 Å². The summed E-state index contributed by atoms with van der Waals surface area (Å²) in [4.78, 5) is 21.5. The van der Waals surface area contributed by atoms with E-state index in [-0.39, 0.29) is 11.4 Å². The van der Waals surface area contributed by atoms with E-state index in [4.69, 9.17) is 0 Å². The first-order valence-electron chi connectivity index (χ1n) is 10.1. The van der Waals surface area contributed by atoms with Crippen molar-refractivity contribution in [2.45, 2.75) is 37.9 Å². The van der Waals surface area contributed by atoms with Gasteiger partial charge in [0, 0.05) is 56.9 Å². The van der Waals surface area contributed by atoms with Gasteiger partial charge in [0.05, 0.1) is 30.9 Å². The van der Waals surface area contributed by atoms with Gasteiger partial charge < -0.3 is 0 Å². The Labute approximate surface area is 169 Å². The molecule has 1 spiro atoms. The van der Waals surface area contributed by atoms with Gasteiger partial charge in [0.15, 0.2) is 0 Å². The van der Waals surface area contributed by atoms with Gasteiger partial charge >= 0.3 is 0 Å². The van der Waals surface area contributed by atoms with E-state index in [0.29, 0.717) is 13.0 Å². The molecule has 5 heterocycles. The van der Waals surface area contributed by atoms with Gasteiger partial charge in [-0.05, 0) is 30.5 Å². The molecule has 8 nitrogen and oxygen atoms in total. The second-order valence-electron chi connectivity index (χ2n) is 8.14. The molecule has 3 aromatic rings. The first kappa shape index (κ1) is 18.1. The van der Waals surface area contributed by atoms with E-state index in [1.807, 2.05) is 47.2 Å². The summed E-state index contributed by atoms with van der Waals surface area (Å²) in [5, 5.41) is 8.91. The summed E-state index contributed by atoms with van der Waals surface area (Å²) in [6, 6.07) is 5.87. The number of rotatable bonds is 4. The number of amides is 1. The van der Waals surface area contributed by atoms with Crippen LogP contribution in [0.5, 0.6) is 0 Å². The second kappa shape index (κ2) is 7.11. The molecule has 0 bridgehead atoms. The third-order valence-electron chi connectivity index (χ3n) is 6.17. The van der Waals surface area contributed by atoms with Crippen molar-refractivity contribution >= 4 is 11.7 Å². The van der Waals surface area contributed by atoms with Gasteiger partial charge in [0.1, 0.15) is 5.82 Å². The molecule has 1 amide bonds. The molecule has 0 aromatic carbocycles. The van der Waals surface area contributed by atoms with Crippen LogP contribution in [0.2, 0.25) is 0 Å². The molecule has 2 aliphatic heterocycles. The number of aryl methyl sites for hydroxylation is 1. The van der Waals surface area contributed by atoms with Gasteiger partial charge in [-0.2, -0.15) is 10.2 Å². The van der Waals surface area contributed by atoms with Crippen LogP contribution in [0.3, 0.4) is 0 Å². The average Bonchev–Trinajstić information content (AvgIpc) is 3.38. The summed E-state index contributed by atoms with van der Waals surface area (Å²) in [6.07, 6.45) is 11.7. The second-order valence-corrected chi connectivity index (χ2v) is 8.14. The number of hydrogen-bond acceptors (Lipinski definition) is 5. The predicted octanol–water partition coefficient (Wildman–Crippen LogP) is 1.94. The fourth-order valence-corrected chi connectivity index (χ4v) is 4.61. The Bertz CT molecular complexity index is 1000. The fraction of sp³-hybridized carbons (Fsp3) is 0.429. The lowest BCUT2D eigenvalue weighted by molar-refractivity contribution is -0.123. The molecule has 0 N–H and O–H groups in total. The van der Waals surface area contributed by atoms with Crippen LogP contribution in [0, 0.1) is 0 Å². The minimum Gasteiger partial charge on any atom is -0.299 e. The molecule has 150 valence electrons. The number of carbonyl (C=O) groups is 1. The zero-order valence-electron chi connectivity index (χ0n) is 16.6. The molecule has 2 aliphatic rings. The topological polar surface area (TPSA) is 72.1 Å². The van der Waals surface area contributed by atoms with Gasteiger partial charge in [0.25, 0.3) is 0 Å². The smallest absolute Gasteiger partial charge is 0.230 e. The first-order chi connectivity index (χ1) is 14.1. The van der Waals surface area contributed by atoms with Crippen molar-refractivity contribution < 1.29 is 4.79 Å². The van der Waals surface area contributed by atoms with Crippen molar-refractivity contribution in [2.24, 2.45) is 7.05 Å². The molecule has 1 saturated heterocycles. The van der Waals surface area contributed by atoms with Crippen LogP contribution >= 0.6 is 0 Å². The predicted molar refractivity (Wildman–Crippen MR) is 108 cm³/mol. The number of pyridine rings is 1. The Morgan fingerprint density at radius 3 is 2.52 bits per heavy atom. The number of fused-ring (bicyclic) bond motifs is 2. The number of nitrogens with zero attached hydrogens (tertiary/aromatic N) is 7. The molecule has 29 heavy (non-hydrogen) atoms. The van der Waals surface area contributed by atoms with Crippen LogP contribution in [0.25, 0.3) is 0 Å². The van der Waals surface area contributed by atoms with Crippen LogP contribution in [-0.4, -0.2) is 48.4 Å². The van der Waals surface area contributed by atoms with Gasteiger partial charge in [-0.1, -0.05) is 0 Å². The highest BCUT2D eigenvalue weighted by molar-refractivity contribution is 5.94. The zero-order chi connectivity index (χ0) is 19.8. The van der Waals surface area contributed by atoms with Crippen molar-refractivity contribution in [2.75, 3.05) is 18.0 Å². The molecule has 3 aromatic heterocycles. The molecule has 0 atom stereocenters. The van der Waals surface area contributed by atoms with E-state index in [1.54, 1.807) is 12.4 Å². The Kier molecular flexibility index (Phi) is 4.43. The van der Waals surface area contributed by atoms with Crippen molar-refractivity contribution in [3.8, 4) is 0 Å². The van der Waals surface area contributed by atoms with Crippen molar-refractivity contribution in [1.29, 1.82) is 0 Å². The van der Waals surface area contributed by atoms with E-state index in [9.17, 15) is 4.79 Å². The monoisotopic (exact) mass is 391 g/mol. The zero-order valence-corrected chi connectivity index (χ0v) is 16.6. The maximum absolute atomic E-state index is 13.2. The highest BCUT2D eigenvalue weighted by atomic mass is 16.2. The standard InChI is InChI=1S/C21H25N7O/c1-25-14-18(13-24-25)15-26-10-5-21(6-11-26)12-20(29)27(19-4-9-23-28(19)21)16-17-2-7-22-8-3-17/h2-4,7-9,13-14H,5-6,10-12,15-16H2,1H3. The Hall–Kier alpha value is -3.00. The summed E-state index contributed by atoms with van der Waals surface area (Å²) < 4.78 is 3.95. The molecule has 1 fully saturated rings. The molecule has 0 saturated carbocycles. The fourth-order valence-electron chi connectivity index (χ4n) is 4.61. The van der Waals surface area contributed by atoms with Crippen LogP contribution in [0.1, 0.15) is 30.4 Å². The van der Waals surface area contributed by atoms with Gasteiger partial charge in [0.2, 0.25) is 5.91 Å². The maximum Gasteiger partial charge on any atom is 0.230 e. The number of likely N-dealkylation sites (tertiary alicyclic amines) is 1. The summed E-state index contributed by atoms with van der Waals surface area (Å²) in [7, 11) is 1.94. The van der Waals surface area contributed by atoms with Gasteiger partial charge in [-0.3, -0.25) is 24.3 Å². The normalized spacial score (nSPS) is 18.9. The number of anilines is 1. The summed E-state index contributed by atoms with van der Waals surface area (Å²) in [5.74, 6) is 1.08. The van der Waals surface area contributed by atoms with E-state index >= 15 is 0 Å². The molecular formula is C21H25N7O. The van der Waals surface area contributed by atoms with Crippen LogP contribution < -0.4 is 4.90 Å². The minimum atomic E-state index is -0.212. The quantitative estimate of drug-likeness (QED) is 0.680. The van der Waals surface area contributed by atoms with Crippen molar-refractivity contribution in [3.05, 3.63) is 60.3 Å². The maximum atomic E-state index is 13.2. The number of piperidine rings is 1. The molecule has 8 heteroatoms. The number of carbonyl (C=O) groups excluding carboxylic acids is 1. The number of aromatic nitrogens is 5. The lowest BCUT2D eigenvalue weighted by atomic mass is 9.82. The van der Waals surface area contributed by atoms with E-state index in [0.717, 1.165) is 43.9 Å². The third kappa shape index (κ3) is 3.33. The van der Waals surface area contributed by atoms with Gasteiger partial charge in [-0.25, -0.2) is 4.68 Å². The van der Waals surface area contributed by atoms with Crippen LogP contribution in [0.4, 0.5) is 5.82 Å². The summed E-state index contributed by atoms with van der Waals surface area (Å²) >= 11 is 0. The average molecular weight is 391 g/mol. The molecular weight excluding hydrogens is 366 g/mol. The van der Waals surface area contributed by atoms with Crippen LogP contribution in [0.15, 0.2) is 49.2 Å². The van der Waals surface area contributed by atoms with E-state index in [1.165, 1.54) is 5.56 Å². The Morgan fingerprint density at radius 1 is 1.00 bits per heavy atom. The Morgan fingerprint density at radius 2 is 1.79 bits per heavy atom. The van der Waals surface area contributed by atoms with Crippen molar-refractivity contribution in [1.82, 2.24) is 29.4 Å². The summed E-state index contributed by atoms with van der Waals surface area (Å²) in [6.45, 7) is 3.35. The molecule has 0 radical (unpaired) electrons. The molecule has 0 unspecified atom stereocenters. The third-order valence-corrected chi connectivity index (χ3v) is 6.17. The SMILES string of the molecule is Cn1cc(CN2CCC3(CC2)CC(=O)N(Cc2ccncc2)c2ccnn23)cn1. The van der Waals surface area contributed by atoms with E-state index in [2.05, 4.69) is 31.0 Å². The van der Waals surface area contributed by atoms with E-state index < -0.39 is 0 Å².